The van der Waals surface area contributed by atoms with Gasteiger partial charge in [0.25, 0.3) is 0 Å². The van der Waals surface area contributed by atoms with E-state index in [4.69, 9.17) is 0 Å². The number of anilines is 1. The fourth-order valence-corrected chi connectivity index (χ4v) is 4.89. The van der Waals surface area contributed by atoms with Gasteiger partial charge in [-0.2, -0.15) is 5.26 Å². The van der Waals surface area contributed by atoms with E-state index >= 15 is 0 Å². The third-order valence-corrected chi connectivity index (χ3v) is 6.40. The molecule has 2 unspecified atom stereocenters. The first-order valence-corrected chi connectivity index (χ1v) is 8.97. The Labute approximate surface area is 145 Å². The molecular formula is C18H20N2O3S. The molecule has 0 saturated carbocycles. The van der Waals surface area contributed by atoms with E-state index in [9.17, 15) is 20.0 Å². The average Bonchev–Trinajstić information content (AvgIpc) is 3.09. The Morgan fingerprint density at radius 2 is 1.88 bits per heavy atom. The number of allylic oxidation sites excluding steroid dienone is 2. The van der Waals surface area contributed by atoms with Gasteiger partial charge < -0.3 is 10.4 Å². The predicted octanol–water partition coefficient (Wildman–Crippen LogP) is 3.49. The number of hydrogen-bond acceptors (Lipinski definition) is 4. The molecule has 2 atom stereocenters. The highest BCUT2D eigenvalue weighted by Crippen LogP contribution is 2.40. The summed E-state index contributed by atoms with van der Waals surface area (Å²) in [5.41, 5.74) is 3.76. The number of thiophene rings is 1. The molecule has 0 fully saturated rings. The minimum absolute atomic E-state index is 0.286. The molecule has 6 heteroatoms. The molecule has 2 aliphatic rings. The van der Waals surface area contributed by atoms with Crippen molar-refractivity contribution in [3.8, 4) is 6.07 Å². The Morgan fingerprint density at radius 1 is 1.21 bits per heavy atom. The van der Waals surface area contributed by atoms with Gasteiger partial charge in [0, 0.05) is 4.88 Å². The number of nitrogens with one attached hydrogen (secondary N) is 1. The topological polar surface area (TPSA) is 90.2 Å². The second-order valence-corrected chi connectivity index (χ2v) is 7.79. The first-order valence-electron chi connectivity index (χ1n) is 8.16. The van der Waals surface area contributed by atoms with E-state index in [-0.39, 0.29) is 5.91 Å². The average molecular weight is 344 g/mol. The van der Waals surface area contributed by atoms with Crippen LogP contribution in [0.25, 0.3) is 0 Å². The van der Waals surface area contributed by atoms with Crippen molar-refractivity contribution in [3.63, 3.8) is 0 Å². The molecule has 5 nitrogen and oxygen atoms in total. The molecule has 24 heavy (non-hydrogen) atoms. The van der Waals surface area contributed by atoms with Crippen LogP contribution >= 0.6 is 11.3 Å². The molecule has 2 aliphatic carbocycles. The van der Waals surface area contributed by atoms with E-state index in [1.54, 1.807) is 0 Å². The number of nitrogens with zero attached hydrogens (tertiary/aromatic N) is 1. The minimum Gasteiger partial charge on any atom is -0.481 e. The lowest BCUT2D eigenvalue weighted by atomic mass is 9.76. The lowest BCUT2D eigenvalue weighted by Gasteiger charge is -2.29. The molecule has 1 aromatic rings. The Hall–Kier alpha value is -2.13. The first-order chi connectivity index (χ1) is 11.4. The number of hydrogen-bond donors (Lipinski definition) is 2. The molecule has 0 spiro atoms. The fraction of sp³-hybridized carbons (Fsp3) is 0.500. The minimum atomic E-state index is -0.934. The summed E-state index contributed by atoms with van der Waals surface area (Å²) in [6, 6.07) is 2.20. The van der Waals surface area contributed by atoms with Crippen molar-refractivity contribution in [3.05, 3.63) is 27.2 Å². The molecule has 0 bridgehead atoms. The van der Waals surface area contributed by atoms with E-state index in [2.05, 4.69) is 11.4 Å². The van der Waals surface area contributed by atoms with Gasteiger partial charge in [-0.05, 0) is 51.5 Å². The van der Waals surface area contributed by atoms with Crippen LogP contribution in [0.3, 0.4) is 0 Å². The second kappa shape index (κ2) is 6.40. The number of carbonyl (C=O) groups excluding carboxylic acids is 1. The largest absolute Gasteiger partial charge is 0.481 e. The highest BCUT2D eigenvalue weighted by Gasteiger charge is 2.38. The Bertz CT molecular complexity index is 785. The fourth-order valence-electron chi connectivity index (χ4n) is 3.64. The zero-order chi connectivity index (χ0) is 17.4. The summed E-state index contributed by atoms with van der Waals surface area (Å²) in [5, 5.41) is 22.3. The summed E-state index contributed by atoms with van der Waals surface area (Å²) in [4.78, 5) is 25.5. The van der Waals surface area contributed by atoms with E-state index in [1.807, 2.05) is 13.8 Å². The molecule has 1 heterocycles. The highest BCUT2D eigenvalue weighted by molar-refractivity contribution is 7.16. The molecule has 0 radical (unpaired) electrons. The number of fused-ring (bicyclic) bond motifs is 1. The van der Waals surface area contributed by atoms with Crippen LogP contribution in [0.5, 0.6) is 0 Å². The van der Waals surface area contributed by atoms with Gasteiger partial charge in [-0.1, -0.05) is 11.1 Å². The number of rotatable bonds is 3. The second-order valence-electron chi connectivity index (χ2n) is 6.68. The normalized spacial score (nSPS) is 22.9. The van der Waals surface area contributed by atoms with Crippen LogP contribution in [0.15, 0.2) is 11.1 Å². The van der Waals surface area contributed by atoms with Gasteiger partial charge >= 0.3 is 5.97 Å². The van der Waals surface area contributed by atoms with Gasteiger partial charge in [0.15, 0.2) is 0 Å². The number of aliphatic carboxylic acids is 1. The summed E-state index contributed by atoms with van der Waals surface area (Å²) in [7, 11) is 0. The molecule has 1 aromatic heterocycles. The number of aryl methyl sites for hydroxylation is 1. The molecular weight excluding hydrogens is 324 g/mol. The summed E-state index contributed by atoms with van der Waals surface area (Å²) < 4.78 is 0. The summed E-state index contributed by atoms with van der Waals surface area (Å²) >= 11 is 1.46. The van der Waals surface area contributed by atoms with E-state index in [1.165, 1.54) is 16.2 Å². The van der Waals surface area contributed by atoms with Gasteiger partial charge in [0.05, 0.1) is 17.4 Å². The van der Waals surface area contributed by atoms with Crippen LogP contribution in [0.4, 0.5) is 5.00 Å². The monoisotopic (exact) mass is 344 g/mol. The van der Waals surface area contributed by atoms with Crippen LogP contribution in [-0.4, -0.2) is 17.0 Å². The maximum atomic E-state index is 12.7. The molecule has 0 aliphatic heterocycles. The predicted molar refractivity (Wildman–Crippen MR) is 91.9 cm³/mol. The van der Waals surface area contributed by atoms with Crippen molar-refractivity contribution < 1.29 is 14.7 Å². The van der Waals surface area contributed by atoms with Gasteiger partial charge in [0.1, 0.15) is 11.1 Å². The van der Waals surface area contributed by atoms with Crippen molar-refractivity contribution in [2.75, 3.05) is 5.32 Å². The van der Waals surface area contributed by atoms with E-state index in [0.29, 0.717) is 23.4 Å². The summed E-state index contributed by atoms with van der Waals surface area (Å²) in [5.74, 6) is -2.51. The summed E-state index contributed by atoms with van der Waals surface area (Å²) in [6.45, 7) is 3.88. The number of carbonyl (C=O) groups is 2. The number of amides is 1. The molecule has 126 valence electrons. The molecule has 0 aromatic carbocycles. The maximum absolute atomic E-state index is 12.7. The molecule has 0 saturated heterocycles. The van der Waals surface area contributed by atoms with Crippen LogP contribution in [-0.2, 0) is 22.4 Å². The van der Waals surface area contributed by atoms with Gasteiger partial charge in [0.2, 0.25) is 5.91 Å². The van der Waals surface area contributed by atoms with Crippen LogP contribution in [0.2, 0.25) is 0 Å². The molecule has 2 N–H and O–H groups in total. The third-order valence-electron chi connectivity index (χ3n) is 5.19. The van der Waals surface area contributed by atoms with Crippen LogP contribution in [0, 0.1) is 23.2 Å². The van der Waals surface area contributed by atoms with Gasteiger partial charge in [-0.25, -0.2) is 0 Å². The van der Waals surface area contributed by atoms with Gasteiger partial charge in [-0.15, -0.1) is 11.3 Å². The van der Waals surface area contributed by atoms with E-state index < -0.39 is 17.8 Å². The van der Waals surface area contributed by atoms with Crippen molar-refractivity contribution >= 4 is 28.2 Å². The smallest absolute Gasteiger partial charge is 0.307 e. The number of carboxylic acids is 1. The quantitative estimate of drug-likeness (QED) is 0.821. The zero-order valence-electron chi connectivity index (χ0n) is 13.8. The van der Waals surface area contributed by atoms with E-state index in [0.717, 1.165) is 36.0 Å². The SMILES string of the molecule is CC1=C(C)CC(C(=O)Nc2sc3c(c2C#N)CCC3)C(C(=O)O)C1. The van der Waals surface area contributed by atoms with Crippen LogP contribution in [0.1, 0.15) is 49.1 Å². The number of nitriles is 1. The first kappa shape index (κ1) is 16.7. The number of carboxylic acid groups (broad SMARTS) is 1. The van der Waals surface area contributed by atoms with Crippen molar-refractivity contribution in [2.24, 2.45) is 11.8 Å². The van der Waals surface area contributed by atoms with Crippen molar-refractivity contribution in [1.29, 1.82) is 5.26 Å². The van der Waals surface area contributed by atoms with Crippen molar-refractivity contribution in [2.45, 2.75) is 46.0 Å². The summed E-state index contributed by atoms with van der Waals surface area (Å²) in [6.07, 6.45) is 3.75. The Morgan fingerprint density at radius 3 is 2.50 bits per heavy atom. The molecule has 3 rings (SSSR count). The maximum Gasteiger partial charge on any atom is 0.307 e. The lowest BCUT2D eigenvalue weighted by molar-refractivity contribution is -0.146. The van der Waals surface area contributed by atoms with Gasteiger partial charge in [-0.3, -0.25) is 9.59 Å². The Kier molecular flexibility index (Phi) is 4.46. The Balaban J connectivity index is 1.85. The standard InChI is InChI=1S/C18H20N2O3S/c1-9-6-12(13(18(22)23)7-10(9)2)16(21)20-17-14(8-19)11-4-3-5-15(11)24-17/h12-13H,3-7H2,1-2H3,(H,20,21)(H,22,23). The van der Waals surface area contributed by atoms with Crippen LogP contribution < -0.4 is 5.32 Å². The lowest BCUT2D eigenvalue weighted by Crippen LogP contribution is -2.36. The third kappa shape index (κ3) is 2.84. The zero-order valence-corrected chi connectivity index (χ0v) is 14.6. The van der Waals surface area contributed by atoms with Crippen molar-refractivity contribution in [1.82, 2.24) is 0 Å². The highest BCUT2D eigenvalue weighted by atomic mass is 32.1. The molecule has 1 amide bonds.